The van der Waals surface area contributed by atoms with Crippen molar-refractivity contribution in [2.45, 2.75) is 4.90 Å². The highest BCUT2D eigenvalue weighted by Crippen LogP contribution is 2.19. The molecule has 0 amide bonds. The summed E-state index contributed by atoms with van der Waals surface area (Å²) in [5.74, 6) is 0.916. The third-order valence-corrected chi connectivity index (χ3v) is 4.30. The summed E-state index contributed by atoms with van der Waals surface area (Å²) in [6.45, 7) is 0.777. The van der Waals surface area contributed by atoms with Crippen LogP contribution in [-0.4, -0.2) is 17.4 Å². The molecule has 2 aromatic carbocycles. The Hall–Kier alpha value is -0.940. The van der Waals surface area contributed by atoms with Crippen LogP contribution >= 0.6 is 47.2 Å². The molecule has 0 fully saturated rings. The van der Waals surface area contributed by atoms with Crippen molar-refractivity contribution in [2.24, 2.45) is 0 Å². The van der Waals surface area contributed by atoms with Gasteiger partial charge in [0, 0.05) is 32.9 Å². The molecule has 2 N–H and O–H groups in total. The quantitative estimate of drug-likeness (QED) is 0.443. The van der Waals surface area contributed by atoms with Gasteiger partial charge in [0.15, 0.2) is 5.11 Å². The van der Waals surface area contributed by atoms with Gasteiger partial charge < -0.3 is 10.6 Å². The zero-order chi connectivity index (χ0) is 15.1. The number of hydrogen-bond donors (Lipinski definition) is 2. The fourth-order valence-corrected chi connectivity index (χ4v) is 2.91. The van der Waals surface area contributed by atoms with Crippen LogP contribution in [0.3, 0.4) is 0 Å². The predicted molar refractivity (Wildman–Crippen MR) is 97.9 cm³/mol. The lowest BCUT2D eigenvalue weighted by Crippen LogP contribution is -2.30. The van der Waals surface area contributed by atoms with Crippen molar-refractivity contribution in [1.29, 1.82) is 0 Å². The molecule has 2 nitrogen and oxygen atoms in total. The zero-order valence-corrected chi connectivity index (χ0v) is 14.3. The maximum atomic E-state index is 5.92. The Labute approximate surface area is 144 Å². The van der Waals surface area contributed by atoms with Gasteiger partial charge in [-0.1, -0.05) is 29.3 Å². The van der Waals surface area contributed by atoms with Gasteiger partial charge in [0.2, 0.25) is 0 Å². The first kappa shape index (κ1) is 16.4. The van der Waals surface area contributed by atoms with Gasteiger partial charge in [-0.3, -0.25) is 0 Å². The van der Waals surface area contributed by atoms with Crippen LogP contribution in [0.5, 0.6) is 0 Å². The molecule has 0 spiro atoms. The highest BCUT2D eigenvalue weighted by atomic mass is 35.5. The molecule has 0 aliphatic heterocycles. The summed E-state index contributed by atoms with van der Waals surface area (Å²) < 4.78 is 0. The fourth-order valence-electron chi connectivity index (χ4n) is 1.61. The summed E-state index contributed by atoms with van der Waals surface area (Å²) in [7, 11) is 0. The van der Waals surface area contributed by atoms with E-state index in [1.165, 1.54) is 4.90 Å². The predicted octanol–water partition coefficient (Wildman–Crippen LogP) is 5.07. The largest absolute Gasteiger partial charge is 0.362 e. The Morgan fingerprint density at radius 2 is 1.81 bits per heavy atom. The molecule has 2 aromatic rings. The van der Waals surface area contributed by atoms with E-state index in [-0.39, 0.29) is 0 Å². The zero-order valence-electron chi connectivity index (χ0n) is 11.1. The normalized spacial score (nSPS) is 10.2. The summed E-state index contributed by atoms with van der Waals surface area (Å²) in [6, 6.07) is 15.3. The molecule has 0 radical (unpaired) electrons. The second kappa shape index (κ2) is 8.49. The molecule has 0 saturated heterocycles. The third kappa shape index (κ3) is 6.14. The van der Waals surface area contributed by atoms with Crippen LogP contribution in [0.1, 0.15) is 0 Å². The Balaban J connectivity index is 1.68. The van der Waals surface area contributed by atoms with Crippen LogP contribution in [0, 0.1) is 0 Å². The topological polar surface area (TPSA) is 24.1 Å². The van der Waals surface area contributed by atoms with Gasteiger partial charge in [-0.15, -0.1) is 11.8 Å². The number of thiocarbonyl (C=S) groups is 1. The first-order valence-corrected chi connectivity index (χ1v) is 8.47. The first-order chi connectivity index (χ1) is 10.1. The lowest BCUT2D eigenvalue weighted by Gasteiger charge is -2.10. The summed E-state index contributed by atoms with van der Waals surface area (Å²) in [6.07, 6.45) is 0. The Kier molecular flexibility index (Phi) is 6.64. The van der Waals surface area contributed by atoms with Crippen LogP contribution in [-0.2, 0) is 0 Å². The van der Waals surface area contributed by atoms with Crippen molar-refractivity contribution in [3.05, 3.63) is 58.6 Å². The van der Waals surface area contributed by atoms with Crippen molar-refractivity contribution in [1.82, 2.24) is 5.32 Å². The van der Waals surface area contributed by atoms with Crippen molar-refractivity contribution < 1.29 is 0 Å². The molecule has 0 unspecified atom stereocenters. The summed E-state index contributed by atoms with van der Waals surface area (Å²) in [4.78, 5) is 1.19. The van der Waals surface area contributed by atoms with E-state index < -0.39 is 0 Å². The molecule has 0 aromatic heterocycles. The number of benzene rings is 2. The van der Waals surface area contributed by atoms with E-state index in [2.05, 4.69) is 10.6 Å². The minimum atomic E-state index is 0.592. The second-order valence-electron chi connectivity index (χ2n) is 4.19. The molecule has 0 atom stereocenters. The number of thioether (sulfide) groups is 1. The molecule has 6 heteroatoms. The number of nitrogens with one attached hydrogen (secondary N) is 2. The minimum Gasteiger partial charge on any atom is -0.362 e. The summed E-state index contributed by atoms with van der Waals surface area (Å²) >= 11 is 18.7. The van der Waals surface area contributed by atoms with E-state index in [9.17, 15) is 0 Å². The SMILES string of the molecule is S=C(NCCSc1ccc(Cl)cc1)Nc1cccc(Cl)c1. The number of rotatable bonds is 5. The van der Waals surface area contributed by atoms with Crippen LogP contribution in [0.4, 0.5) is 5.69 Å². The number of hydrogen-bond acceptors (Lipinski definition) is 2. The molecule has 0 aliphatic carbocycles. The Morgan fingerprint density at radius 1 is 1.05 bits per heavy atom. The molecular weight excluding hydrogens is 343 g/mol. The molecule has 2 rings (SSSR count). The van der Waals surface area contributed by atoms with Gasteiger partial charge >= 0.3 is 0 Å². The van der Waals surface area contributed by atoms with Gasteiger partial charge in [-0.05, 0) is 54.7 Å². The average Bonchev–Trinajstić information content (AvgIpc) is 2.45. The molecule has 0 saturated carbocycles. The highest BCUT2D eigenvalue weighted by molar-refractivity contribution is 7.99. The lowest BCUT2D eigenvalue weighted by atomic mass is 10.3. The Bertz CT molecular complexity index is 603. The first-order valence-electron chi connectivity index (χ1n) is 6.32. The molecule has 0 heterocycles. The Morgan fingerprint density at radius 3 is 2.52 bits per heavy atom. The standard InChI is InChI=1S/C15H14Cl2N2S2/c16-11-4-6-14(7-5-11)21-9-8-18-15(20)19-13-3-1-2-12(17)10-13/h1-7,10H,8-9H2,(H2,18,19,20). The molecule has 0 bridgehead atoms. The fraction of sp³-hybridized carbons (Fsp3) is 0.133. The van der Waals surface area contributed by atoms with E-state index in [0.717, 1.165) is 23.0 Å². The van der Waals surface area contributed by atoms with Gasteiger partial charge in [0.05, 0.1) is 0 Å². The lowest BCUT2D eigenvalue weighted by molar-refractivity contribution is 0.990. The van der Waals surface area contributed by atoms with E-state index in [1.807, 2.05) is 48.5 Å². The molecule has 0 aliphatic rings. The molecular formula is C15H14Cl2N2S2. The van der Waals surface area contributed by atoms with Crippen molar-refractivity contribution in [3.8, 4) is 0 Å². The van der Waals surface area contributed by atoms with Gasteiger partial charge in [-0.2, -0.15) is 0 Å². The molecule has 21 heavy (non-hydrogen) atoms. The third-order valence-electron chi connectivity index (χ3n) is 2.55. The van der Waals surface area contributed by atoms with Gasteiger partial charge in [-0.25, -0.2) is 0 Å². The number of halogens is 2. The highest BCUT2D eigenvalue weighted by Gasteiger charge is 1.99. The van der Waals surface area contributed by atoms with Crippen LogP contribution in [0.2, 0.25) is 10.0 Å². The minimum absolute atomic E-state index is 0.592. The summed E-state index contributed by atoms with van der Waals surface area (Å²) in [5.41, 5.74) is 0.880. The van der Waals surface area contributed by atoms with Crippen molar-refractivity contribution in [2.75, 3.05) is 17.6 Å². The maximum absolute atomic E-state index is 5.92. The molecule has 110 valence electrons. The average molecular weight is 357 g/mol. The van der Waals surface area contributed by atoms with E-state index in [1.54, 1.807) is 11.8 Å². The maximum Gasteiger partial charge on any atom is 0.170 e. The second-order valence-corrected chi connectivity index (χ2v) is 6.64. The van der Waals surface area contributed by atoms with E-state index >= 15 is 0 Å². The van der Waals surface area contributed by atoms with Crippen molar-refractivity contribution in [3.63, 3.8) is 0 Å². The summed E-state index contributed by atoms with van der Waals surface area (Å²) in [5, 5.41) is 8.29. The van der Waals surface area contributed by atoms with Crippen LogP contribution in [0.15, 0.2) is 53.4 Å². The van der Waals surface area contributed by atoms with Crippen LogP contribution < -0.4 is 10.6 Å². The van der Waals surface area contributed by atoms with E-state index in [0.29, 0.717) is 10.1 Å². The van der Waals surface area contributed by atoms with Gasteiger partial charge in [0.25, 0.3) is 0 Å². The number of anilines is 1. The van der Waals surface area contributed by atoms with Crippen LogP contribution in [0.25, 0.3) is 0 Å². The van der Waals surface area contributed by atoms with E-state index in [4.69, 9.17) is 35.4 Å². The monoisotopic (exact) mass is 356 g/mol. The smallest absolute Gasteiger partial charge is 0.170 e. The van der Waals surface area contributed by atoms with Gasteiger partial charge in [0.1, 0.15) is 0 Å². The van der Waals surface area contributed by atoms with Crippen molar-refractivity contribution >= 4 is 58.0 Å².